The number of hydrogen-bond donors (Lipinski definition) is 2. The summed E-state index contributed by atoms with van der Waals surface area (Å²) in [4.78, 5) is 13.4. The minimum absolute atomic E-state index is 0.0485. The van der Waals surface area contributed by atoms with Crippen LogP contribution in [0.3, 0.4) is 0 Å². The number of nitrogens with zero attached hydrogens (tertiary/aromatic N) is 3. The maximum Gasteiger partial charge on any atom is 0.263 e. The van der Waals surface area contributed by atoms with Crippen molar-refractivity contribution in [3.8, 4) is 0 Å². The standard InChI is InChI=1S/C17H19N5O3S/c1-11(23)22-9-8-12-10-14(4-5-15(12)22)26(24,25)21-17-7-6-16(19-20-17)18-13-2-3-13/h4-7,10,13H,2-3,8-9H2,1H3,(H,18,19)(H,20,21). The van der Waals surface area contributed by atoms with Gasteiger partial charge in [-0.1, -0.05) is 0 Å². The quantitative estimate of drug-likeness (QED) is 0.828. The van der Waals surface area contributed by atoms with E-state index >= 15 is 0 Å². The van der Waals surface area contributed by atoms with Gasteiger partial charge in [0.1, 0.15) is 5.82 Å². The Balaban J connectivity index is 1.52. The summed E-state index contributed by atoms with van der Waals surface area (Å²) >= 11 is 0. The van der Waals surface area contributed by atoms with Gasteiger partial charge in [-0.15, -0.1) is 10.2 Å². The van der Waals surface area contributed by atoms with Crippen LogP contribution < -0.4 is 14.9 Å². The number of fused-ring (bicyclic) bond motifs is 1. The van der Waals surface area contributed by atoms with Crippen LogP contribution in [0.25, 0.3) is 0 Å². The number of nitrogens with one attached hydrogen (secondary N) is 2. The number of anilines is 3. The number of hydrogen-bond acceptors (Lipinski definition) is 6. The highest BCUT2D eigenvalue weighted by Gasteiger charge is 2.25. The Morgan fingerprint density at radius 3 is 2.54 bits per heavy atom. The van der Waals surface area contributed by atoms with Gasteiger partial charge in [0.2, 0.25) is 5.91 Å². The summed E-state index contributed by atoms with van der Waals surface area (Å²) in [6.07, 6.45) is 2.88. The molecule has 8 nitrogen and oxygen atoms in total. The maximum atomic E-state index is 12.6. The summed E-state index contributed by atoms with van der Waals surface area (Å²) in [6.45, 7) is 2.07. The lowest BCUT2D eigenvalue weighted by Gasteiger charge is -2.15. The number of rotatable bonds is 5. The summed E-state index contributed by atoms with van der Waals surface area (Å²) < 4.78 is 27.7. The third-order valence-electron chi connectivity index (χ3n) is 4.47. The van der Waals surface area contributed by atoms with Gasteiger partial charge in [0, 0.05) is 25.2 Å². The lowest BCUT2D eigenvalue weighted by atomic mass is 10.2. The van der Waals surface area contributed by atoms with Crippen molar-refractivity contribution in [2.24, 2.45) is 0 Å². The number of aromatic nitrogens is 2. The molecule has 2 aromatic rings. The summed E-state index contributed by atoms with van der Waals surface area (Å²) in [5.41, 5.74) is 1.62. The molecule has 1 aromatic carbocycles. The Morgan fingerprint density at radius 1 is 1.15 bits per heavy atom. The first-order chi connectivity index (χ1) is 12.4. The highest BCUT2D eigenvalue weighted by atomic mass is 32.2. The summed E-state index contributed by atoms with van der Waals surface area (Å²) in [6, 6.07) is 8.52. The molecule has 1 aromatic heterocycles. The first-order valence-electron chi connectivity index (χ1n) is 8.46. The second-order valence-corrected chi connectivity index (χ2v) is 8.22. The van der Waals surface area contributed by atoms with E-state index in [2.05, 4.69) is 20.2 Å². The van der Waals surface area contributed by atoms with Crippen LogP contribution in [-0.2, 0) is 21.2 Å². The van der Waals surface area contributed by atoms with Gasteiger partial charge in [0.25, 0.3) is 10.0 Å². The van der Waals surface area contributed by atoms with Crippen LogP contribution in [0.5, 0.6) is 0 Å². The highest BCUT2D eigenvalue weighted by Crippen LogP contribution is 2.30. The molecule has 1 fully saturated rings. The Hall–Kier alpha value is -2.68. The van der Waals surface area contributed by atoms with Crippen molar-refractivity contribution in [3.05, 3.63) is 35.9 Å². The molecule has 0 saturated heterocycles. The van der Waals surface area contributed by atoms with E-state index in [1.165, 1.54) is 13.0 Å². The summed E-state index contributed by atoms with van der Waals surface area (Å²) in [7, 11) is -3.77. The second kappa shape index (κ2) is 6.24. The average Bonchev–Trinajstić information content (AvgIpc) is 3.31. The largest absolute Gasteiger partial charge is 0.366 e. The summed E-state index contributed by atoms with van der Waals surface area (Å²) in [5, 5.41) is 11.1. The topological polar surface area (TPSA) is 104 Å². The fourth-order valence-electron chi connectivity index (χ4n) is 2.97. The highest BCUT2D eigenvalue weighted by molar-refractivity contribution is 7.92. The SMILES string of the molecule is CC(=O)N1CCc2cc(S(=O)(=O)Nc3ccc(NC4CC4)nn3)ccc21. The molecular weight excluding hydrogens is 354 g/mol. The predicted octanol–water partition coefficient (Wildman–Crippen LogP) is 1.76. The van der Waals surface area contributed by atoms with E-state index in [0.29, 0.717) is 24.8 Å². The number of sulfonamides is 1. The van der Waals surface area contributed by atoms with Crippen LogP contribution in [0, 0.1) is 0 Å². The molecule has 0 bridgehead atoms. The van der Waals surface area contributed by atoms with Crippen molar-refractivity contribution in [1.29, 1.82) is 0 Å². The lowest BCUT2D eigenvalue weighted by molar-refractivity contribution is -0.116. The molecule has 1 aliphatic heterocycles. The monoisotopic (exact) mass is 373 g/mol. The van der Waals surface area contributed by atoms with Crippen LogP contribution in [0.1, 0.15) is 25.3 Å². The molecule has 0 radical (unpaired) electrons. The number of carbonyl (C=O) groups excluding carboxylic acids is 1. The van der Waals surface area contributed by atoms with Gasteiger partial charge >= 0.3 is 0 Å². The first kappa shape index (κ1) is 16.8. The smallest absolute Gasteiger partial charge is 0.263 e. The van der Waals surface area contributed by atoms with Crippen LogP contribution in [0.15, 0.2) is 35.2 Å². The third-order valence-corrected chi connectivity index (χ3v) is 5.82. The van der Waals surface area contributed by atoms with Crippen LogP contribution in [0.2, 0.25) is 0 Å². The molecule has 2 aliphatic rings. The van der Waals surface area contributed by atoms with E-state index in [9.17, 15) is 13.2 Å². The fraction of sp³-hybridized carbons (Fsp3) is 0.353. The van der Waals surface area contributed by atoms with Crippen molar-refractivity contribution in [2.75, 3.05) is 21.5 Å². The Labute approximate surface area is 151 Å². The van der Waals surface area contributed by atoms with Gasteiger partial charge in [-0.2, -0.15) is 0 Å². The number of benzene rings is 1. The van der Waals surface area contributed by atoms with Crippen molar-refractivity contribution in [1.82, 2.24) is 10.2 Å². The first-order valence-corrected chi connectivity index (χ1v) is 9.95. The molecule has 26 heavy (non-hydrogen) atoms. The molecule has 9 heteroatoms. The summed E-state index contributed by atoms with van der Waals surface area (Å²) in [5.74, 6) is 0.752. The number of carbonyl (C=O) groups is 1. The van der Waals surface area contributed by atoms with Crippen LogP contribution in [0.4, 0.5) is 17.3 Å². The van der Waals surface area contributed by atoms with E-state index < -0.39 is 10.0 Å². The molecule has 4 rings (SSSR count). The Morgan fingerprint density at radius 2 is 1.88 bits per heavy atom. The molecular formula is C17H19N5O3S. The van der Waals surface area contributed by atoms with Gasteiger partial charge in [-0.05, 0) is 55.2 Å². The Kier molecular flexibility index (Phi) is 4.03. The van der Waals surface area contributed by atoms with Crippen molar-refractivity contribution < 1.29 is 13.2 Å². The molecule has 2 heterocycles. The molecule has 1 amide bonds. The second-order valence-electron chi connectivity index (χ2n) is 6.54. The average molecular weight is 373 g/mol. The Bertz CT molecular complexity index is 955. The zero-order chi connectivity index (χ0) is 18.3. The zero-order valence-electron chi connectivity index (χ0n) is 14.3. The van der Waals surface area contributed by atoms with Crippen LogP contribution in [-0.4, -0.2) is 37.1 Å². The van der Waals surface area contributed by atoms with E-state index in [0.717, 1.165) is 24.1 Å². The molecule has 0 unspecified atom stereocenters. The maximum absolute atomic E-state index is 12.6. The minimum atomic E-state index is -3.77. The van der Waals surface area contributed by atoms with Gasteiger partial charge in [-0.25, -0.2) is 8.42 Å². The van der Waals surface area contributed by atoms with E-state index in [4.69, 9.17) is 0 Å². The van der Waals surface area contributed by atoms with Crippen LogP contribution >= 0.6 is 0 Å². The molecule has 1 aliphatic carbocycles. The molecule has 1 saturated carbocycles. The molecule has 0 spiro atoms. The lowest BCUT2D eigenvalue weighted by Crippen LogP contribution is -2.25. The molecule has 136 valence electrons. The molecule has 0 atom stereocenters. The van der Waals surface area contributed by atoms with Crippen molar-refractivity contribution in [3.63, 3.8) is 0 Å². The van der Waals surface area contributed by atoms with Crippen molar-refractivity contribution >= 4 is 33.3 Å². The zero-order valence-corrected chi connectivity index (χ0v) is 15.1. The predicted molar refractivity (Wildman–Crippen MR) is 97.7 cm³/mol. The van der Waals surface area contributed by atoms with Crippen molar-refractivity contribution in [2.45, 2.75) is 37.1 Å². The van der Waals surface area contributed by atoms with E-state index in [1.54, 1.807) is 29.2 Å². The van der Waals surface area contributed by atoms with E-state index in [-0.39, 0.29) is 16.6 Å². The van der Waals surface area contributed by atoms with Gasteiger partial charge in [-0.3, -0.25) is 9.52 Å². The normalized spacial score (nSPS) is 16.3. The van der Waals surface area contributed by atoms with Gasteiger partial charge in [0.05, 0.1) is 4.90 Å². The molecule has 2 N–H and O–H groups in total. The van der Waals surface area contributed by atoms with E-state index in [1.807, 2.05) is 0 Å². The van der Waals surface area contributed by atoms with Gasteiger partial charge < -0.3 is 10.2 Å². The minimum Gasteiger partial charge on any atom is -0.366 e. The fourth-order valence-corrected chi connectivity index (χ4v) is 4.02. The number of amides is 1. The third kappa shape index (κ3) is 3.34. The van der Waals surface area contributed by atoms with Gasteiger partial charge in [0.15, 0.2) is 5.82 Å².